The lowest BCUT2D eigenvalue weighted by atomic mass is 9.97. The molecule has 384 valence electrons. The smallest absolute Gasteiger partial charge is 0.374 e. The van der Waals surface area contributed by atoms with E-state index in [9.17, 15) is 19.2 Å². The second kappa shape index (κ2) is 23.6. The number of amides is 1. The molecule has 2 N–H and O–H groups in total. The van der Waals surface area contributed by atoms with E-state index < -0.39 is 17.5 Å². The predicted molar refractivity (Wildman–Crippen MR) is 280 cm³/mol. The molecular weight excluding hydrogens is 959 g/mol. The van der Waals surface area contributed by atoms with E-state index in [-0.39, 0.29) is 25.8 Å². The second-order valence-corrected chi connectivity index (χ2v) is 17.0. The Balaban J connectivity index is 0.000000150. The number of aromatic amines is 1. The molecule has 0 fully saturated rings. The lowest BCUT2D eigenvalue weighted by Crippen LogP contribution is -2.26. The highest BCUT2D eigenvalue weighted by molar-refractivity contribution is 6.49. The Bertz CT molecular complexity index is 3360. The number of aliphatic imine (C=N–C) groups is 1. The number of nitrogens with zero attached hydrogens (tertiary/aromatic N) is 5. The number of aromatic nitrogens is 5. The average Bonchev–Trinajstić information content (AvgIpc) is 4.10. The molecule has 0 atom stereocenters. The number of esters is 1. The maximum absolute atomic E-state index is 12.3. The molecule has 18 heteroatoms. The minimum Gasteiger partial charge on any atom is -0.486 e. The van der Waals surface area contributed by atoms with Gasteiger partial charge < -0.3 is 43.5 Å². The number of nitrogens with one attached hydrogen (secondary N) is 2. The first-order valence-electron chi connectivity index (χ1n) is 23.8. The number of pyridine rings is 3. The van der Waals surface area contributed by atoms with Crippen LogP contribution in [0.25, 0.3) is 33.8 Å². The highest BCUT2D eigenvalue weighted by atomic mass is 16.6. The molecular formula is C57H55N7O11. The summed E-state index contributed by atoms with van der Waals surface area (Å²) in [7, 11) is 1.61. The quantitative estimate of drug-likeness (QED) is 0.0741. The molecule has 0 saturated heterocycles. The van der Waals surface area contributed by atoms with Crippen LogP contribution >= 0.6 is 0 Å². The van der Waals surface area contributed by atoms with E-state index in [0.29, 0.717) is 97.2 Å². The number of ether oxygens (including phenoxy) is 7. The van der Waals surface area contributed by atoms with Gasteiger partial charge in [0.15, 0.2) is 34.5 Å². The van der Waals surface area contributed by atoms with E-state index in [2.05, 4.69) is 35.2 Å². The summed E-state index contributed by atoms with van der Waals surface area (Å²) in [6, 6.07) is 25.5. The molecule has 18 nitrogen and oxygen atoms in total. The number of ketones is 2. The van der Waals surface area contributed by atoms with Gasteiger partial charge in [-0.05, 0) is 123 Å². The minimum atomic E-state index is -0.568. The molecule has 4 aliphatic rings. The molecule has 4 aromatic heterocycles. The monoisotopic (exact) mass is 1010 g/mol. The zero-order valence-corrected chi connectivity index (χ0v) is 41.3. The number of carbonyl (C=O) groups excluding carboxylic acids is 4. The van der Waals surface area contributed by atoms with E-state index in [4.69, 9.17) is 33.2 Å². The van der Waals surface area contributed by atoms with Crippen molar-refractivity contribution in [1.82, 2.24) is 30.2 Å². The number of carbonyl (C=O) groups is 4. The van der Waals surface area contributed by atoms with Crippen LogP contribution in [0.3, 0.4) is 0 Å². The molecule has 0 unspecified atom stereocenters. The lowest BCUT2D eigenvalue weighted by molar-refractivity contribution is -0.114. The van der Waals surface area contributed by atoms with Gasteiger partial charge in [0.1, 0.15) is 45.4 Å². The number of hydrogen-bond acceptors (Lipinski definition) is 16. The standard InChI is InChI=1S/C20H19N3O4.C20H19N3O3.C16H13NO4.CH4/c1-3-25-20(24)19-22-17(18(23-19)14-6-7-21-12(2)10-14)13-4-5-15-16(11-13)27-9-8-26-15;1-12-9-14(5-6-22-12)19-15(11-16(23-19)20(24)21-2)13-3-4-17-18(10-13)26-8-7-25-17;1-10-9-17-5-4-12(10)16(19)15(18)11-2-3-13-14(8-11)21-7-6-20-13;/h4-7,10-11H,3,8-9H2,1-2H3,(H,22,23);3-6,9-10H,7-8,11H2,1-2H3,(H,21,24);2-5,8-9H,6-7H2,1H3;1H4. The summed E-state index contributed by atoms with van der Waals surface area (Å²) >= 11 is 0. The molecule has 1 amide bonds. The van der Waals surface area contributed by atoms with Crippen LogP contribution in [0.1, 0.15) is 80.2 Å². The first kappa shape index (κ1) is 52.1. The number of allylic oxidation sites excluding steroid dienone is 1. The first-order chi connectivity index (χ1) is 36.0. The summed E-state index contributed by atoms with van der Waals surface area (Å²) in [4.78, 5) is 73.6. The van der Waals surface area contributed by atoms with Crippen molar-refractivity contribution in [2.45, 2.75) is 41.5 Å². The second-order valence-electron chi connectivity index (χ2n) is 17.0. The van der Waals surface area contributed by atoms with Gasteiger partial charge in [-0.25, -0.2) is 14.8 Å². The first-order valence-corrected chi connectivity index (χ1v) is 23.8. The maximum atomic E-state index is 12.3. The summed E-state index contributed by atoms with van der Waals surface area (Å²) < 4.78 is 38.5. The number of H-pyrrole nitrogens is 1. The number of fused-ring (bicyclic) bond motifs is 3. The van der Waals surface area contributed by atoms with Crippen LogP contribution in [0.15, 0.2) is 115 Å². The number of benzene rings is 3. The third-order valence-electron chi connectivity index (χ3n) is 11.9. The molecule has 7 aromatic rings. The highest BCUT2D eigenvalue weighted by Gasteiger charge is 2.27. The number of hydrogen-bond donors (Lipinski definition) is 2. The Labute approximate surface area is 433 Å². The van der Waals surface area contributed by atoms with Gasteiger partial charge >= 0.3 is 5.97 Å². The molecule has 0 radical (unpaired) electrons. The minimum absolute atomic E-state index is 0. The van der Waals surface area contributed by atoms with E-state index in [0.717, 1.165) is 62.1 Å². The van der Waals surface area contributed by atoms with Gasteiger partial charge in [0.2, 0.25) is 17.4 Å². The van der Waals surface area contributed by atoms with E-state index in [1.165, 1.54) is 6.20 Å². The molecule has 0 aliphatic carbocycles. The van der Waals surface area contributed by atoms with Crippen molar-refractivity contribution in [2.24, 2.45) is 4.99 Å². The van der Waals surface area contributed by atoms with Crippen LogP contribution in [0.2, 0.25) is 0 Å². The van der Waals surface area contributed by atoms with Crippen molar-refractivity contribution in [3.63, 3.8) is 0 Å². The zero-order valence-electron chi connectivity index (χ0n) is 41.3. The Morgan fingerprint density at radius 2 is 1.19 bits per heavy atom. The Hall–Kier alpha value is -9.19. The molecule has 11 rings (SSSR count). The largest absolute Gasteiger partial charge is 0.486 e. The Morgan fingerprint density at radius 3 is 1.79 bits per heavy atom. The number of imidazole rings is 1. The summed E-state index contributed by atoms with van der Waals surface area (Å²) in [5.74, 6) is 2.29. The fraction of sp³-hybridized carbons (Fsp3) is 0.246. The van der Waals surface area contributed by atoms with Crippen molar-refractivity contribution in [3.8, 4) is 57.0 Å². The van der Waals surface area contributed by atoms with Gasteiger partial charge in [-0.1, -0.05) is 13.5 Å². The van der Waals surface area contributed by atoms with Gasteiger partial charge in [-0.2, -0.15) is 0 Å². The van der Waals surface area contributed by atoms with E-state index in [1.54, 1.807) is 63.8 Å². The van der Waals surface area contributed by atoms with Gasteiger partial charge in [-0.15, -0.1) is 0 Å². The molecule has 8 heterocycles. The van der Waals surface area contributed by atoms with Crippen LogP contribution in [0, 0.1) is 20.8 Å². The van der Waals surface area contributed by atoms with Crippen molar-refractivity contribution in [3.05, 3.63) is 155 Å². The topological polar surface area (TPSA) is 225 Å². The Kier molecular flexibility index (Phi) is 16.4. The molecule has 0 bridgehead atoms. The van der Waals surface area contributed by atoms with Crippen LogP contribution in [0.5, 0.6) is 34.5 Å². The van der Waals surface area contributed by atoms with E-state index >= 15 is 0 Å². The van der Waals surface area contributed by atoms with Crippen molar-refractivity contribution in [1.29, 1.82) is 0 Å². The molecule has 0 spiro atoms. The fourth-order valence-corrected chi connectivity index (χ4v) is 8.32. The summed E-state index contributed by atoms with van der Waals surface area (Å²) in [6.45, 7) is 10.7. The fourth-order valence-electron chi connectivity index (χ4n) is 8.32. The Morgan fingerprint density at radius 1 is 0.627 bits per heavy atom. The normalized spacial score (nSPS) is 13.6. The molecule has 4 aliphatic heterocycles. The molecule has 3 aromatic carbocycles. The van der Waals surface area contributed by atoms with Gasteiger partial charge in [0.05, 0.1) is 23.7 Å². The van der Waals surface area contributed by atoms with Gasteiger partial charge in [0, 0.05) is 77.5 Å². The van der Waals surface area contributed by atoms with Crippen molar-refractivity contribution in [2.75, 3.05) is 53.3 Å². The lowest BCUT2D eigenvalue weighted by Gasteiger charge is -2.19. The maximum Gasteiger partial charge on any atom is 0.374 e. The van der Waals surface area contributed by atoms with Crippen LogP contribution in [0.4, 0.5) is 0 Å². The molecule has 0 saturated carbocycles. The van der Waals surface area contributed by atoms with Crippen molar-refractivity contribution >= 4 is 40.4 Å². The van der Waals surface area contributed by atoms with Crippen LogP contribution < -0.4 is 33.7 Å². The van der Waals surface area contributed by atoms with Gasteiger partial charge in [0.25, 0.3) is 5.91 Å². The third kappa shape index (κ3) is 11.9. The summed E-state index contributed by atoms with van der Waals surface area (Å²) in [5, 5.41) is 2.66. The zero-order chi connectivity index (χ0) is 51.7. The number of rotatable bonds is 10. The molecule has 75 heavy (non-hydrogen) atoms. The van der Waals surface area contributed by atoms with E-state index in [1.807, 2.05) is 74.5 Å². The summed E-state index contributed by atoms with van der Waals surface area (Å²) in [6.07, 6.45) is 7.01. The van der Waals surface area contributed by atoms with Gasteiger partial charge in [-0.3, -0.25) is 29.3 Å². The SMILES string of the molecule is C.CCOC(=O)c1nc(-c2ccc3c(c2)OCCO3)c(-c2ccnc(C)c2)[nH]1.CNC(=O)C1=NC(c2ccnc(C)c2)=C(c2ccc3c(c2)OCCO3)C1.Cc1cnccc1C(=O)C(=O)c1ccc2c(c1)OCCO2. The predicted octanol–water partition coefficient (Wildman–Crippen LogP) is 8.88. The summed E-state index contributed by atoms with van der Waals surface area (Å²) in [5.41, 5.74) is 10.4. The number of Topliss-reactive ketones (excluding diaryl/α,β-unsaturated/α-hetero) is 2. The van der Waals surface area contributed by atoms with Crippen LogP contribution in [-0.4, -0.2) is 107 Å². The average molecular weight is 1010 g/mol. The third-order valence-corrected chi connectivity index (χ3v) is 11.9. The van der Waals surface area contributed by atoms with Crippen molar-refractivity contribution < 1.29 is 52.3 Å². The highest BCUT2D eigenvalue weighted by Crippen LogP contribution is 2.41. The number of aryl methyl sites for hydroxylation is 3. The van der Waals surface area contributed by atoms with Crippen LogP contribution in [-0.2, 0) is 9.53 Å².